The summed E-state index contributed by atoms with van der Waals surface area (Å²) in [5.41, 5.74) is 1.21. The summed E-state index contributed by atoms with van der Waals surface area (Å²) in [7, 11) is -3.10. The van der Waals surface area contributed by atoms with Crippen molar-refractivity contribution in [3.63, 3.8) is 0 Å². The minimum atomic E-state index is -3.10. The number of nitrogens with zero attached hydrogens (tertiary/aromatic N) is 1. The van der Waals surface area contributed by atoms with E-state index in [-0.39, 0.29) is 24.8 Å². The molecule has 0 spiro atoms. The highest BCUT2D eigenvalue weighted by Gasteiger charge is 2.20. The summed E-state index contributed by atoms with van der Waals surface area (Å²) in [4.78, 5) is 2.86. The van der Waals surface area contributed by atoms with Crippen LogP contribution in [0, 0.1) is 0 Å². The van der Waals surface area contributed by atoms with Crippen molar-refractivity contribution >= 4 is 34.7 Å². The average Bonchev–Trinajstić information content (AvgIpc) is 2.40. The van der Waals surface area contributed by atoms with Crippen molar-refractivity contribution in [3.05, 3.63) is 29.8 Å². The van der Waals surface area contributed by atoms with E-state index in [0.717, 1.165) is 32.6 Å². The summed E-state index contributed by atoms with van der Waals surface area (Å²) in [6.45, 7) is 6.33. The maximum absolute atomic E-state index is 11.5. The zero-order valence-corrected chi connectivity index (χ0v) is 14.9. The van der Waals surface area contributed by atoms with Crippen molar-refractivity contribution in [2.24, 2.45) is 0 Å². The van der Waals surface area contributed by atoms with Crippen molar-refractivity contribution in [3.8, 4) is 0 Å². The average molecular weight is 355 g/mol. The van der Waals surface area contributed by atoms with Gasteiger partial charge in [0, 0.05) is 38.5 Å². The number of piperazine rings is 1. The largest absolute Gasteiger partial charge is 0.314 e. The molecule has 21 heavy (non-hydrogen) atoms. The monoisotopic (exact) mass is 354 g/mol. The van der Waals surface area contributed by atoms with Gasteiger partial charge in [-0.3, -0.25) is 4.90 Å². The lowest BCUT2D eigenvalue weighted by molar-refractivity contribution is 0.169. The zero-order chi connectivity index (χ0) is 13.9. The topological polar surface area (TPSA) is 49.4 Å². The van der Waals surface area contributed by atoms with Gasteiger partial charge in [0.05, 0.1) is 4.90 Å². The first kappa shape index (κ1) is 20.7. The molecule has 1 aromatic carbocycles. The summed E-state index contributed by atoms with van der Waals surface area (Å²) >= 11 is 0. The third kappa shape index (κ3) is 5.42. The molecule has 1 saturated heterocycles. The lowest BCUT2D eigenvalue weighted by Gasteiger charge is -2.34. The second-order valence-corrected chi connectivity index (χ2v) is 7.07. The van der Waals surface area contributed by atoms with Crippen LogP contribution >= 0.6 is 24.8 Å². The third-order valence-corrected chi connectivity index (χ3v) is 4.80. The summed E-state index contributed by atoms with van der Waals surface area (Å²) in [6, 6.07) is 7.72. The molecule has 0 aromatic heterocycles. The Hall–Kier alpha value is -0.330. The second-order valence-electron chi connectivity index (χ2n) is 5.05. The highest BCUT2D eigenvalue weighted by atomic mass is 35.5. The standard InChI is InChI=1S/C14H22N2O2S.2ClH/c1-3-14(16-10-8-15-9-11-16)12-4-6-13(7-5-12)19(2,17)18;;/h4-7,14-15H,3,8-11H2,1-2H3;2*1H/t14-;;/m1../s1. The molecular formula is C14H24Cl2N2O2S. The quantitative estimate of drug-likeness (QED) is 0.900. The lowest BCUT2D eigenvalue weighted by atomic mass is 10.0. The number of nitrogens with one attached hydrogen (secondary N) is 1. The molecule has 1 atom stereocenters. The van der Waals surface area contributed by atoms with Crippen LogP contribution in [0.25, 0.3) is 0 Å². The van der Waals surface area contributed by atoms with E-state index in [2.05, 4.69) is 17.1 Å². The van der Waals surface area contributed by atoms with Crippen LogP contribution in [0.4, 0.5) is 0 Å². The van der Waals surface area contributed by atoms with Crippen LogP contribution in [0.3, 0.4) is 0 Å². The summed E-state index contributed by atoms with van der Waals surface area (Å²) < 4.78 is 22.9. The number of rotatable bonds is 4. The van der Waals surface area contributed by atoms with E-state index in [0.29, 0.717) is 10.9 Å². The van der Waals surface area contributed by atoms with Gasteiger partial charge in [-0.05, 0) is 24.1 Å². The Bertz CT molecular complexity index is 514. The summed E-state index contributed by atoms with van der Waals surface area (Å²) in [5, 5.41) is 3.35. The Balaban J connectivity index is 0.00000200. The van der Waals surface area contributed by atoms with Crippen LogP contribution < -0.4 is 5.32 Å². The summed E-state index contributed by atoms with van der Waals surface area (Å²) in [6.07, 6.45) is 2.29. The van der Waals surface area contributed by atoms with Gasteiger partial charge in [0.2, 0.25) is 0 Å². The van der Waals surface area contributed by atoms with Gasteiger partial charge in [-0.25, -0.2) is 8.42 Å². The van der Waals surface area contributed by atoms with E-state index in [1.54, 1.807) is 12.1 Å². The van der Waals surface area contributed by atoms with Crippen molar-refractivity contribution < 1.29 is 8.42 Å². The minimum Gasteiger partial charge on any atom is -0.314 e. The van der Waals surface area contributed by atoms with Crippen molar-refractivity contribution in [2.75, 3.05) is 32.4 Å². The number of hydrogen-bond acceptors (Lipinski definition) is 4. The van der Waals surface area contributed by atoms with Crippen LogP contribution in [0.1, 0.15) is 24.9 Å². The molecule has 0 saturated carbocycles. The number of benzene rings is 1. The van der Waals surface area contributed by atoms with Crippen LogP contribution in [0.2, 0.25) is 0 Å². The summed E-state index contributed by atoms with van der Waals surface area (Å²) in [5.74, 6) is 0. The molecule has 0 bridgehead atoms. The van der Waals surface area contributed by atoms with Crippen LogP contribution in [0.15, 0.2) is 29.2 Å². The van der Waals surface area contributed by atoms with Crippen LogP contribution in [-0.4, -0.2) is 45.8 Å². The maximum atomic E-state index is 11.5. The molecule has 1 aromatic rings. The SMILES string of the molecule is CC[C@H](c1ccc(S(C)(=O)=O)cc1)N1CCNCC1.Cl.Cl. The van der Waals surface area contributed by atoms with Crippen LogP contribution in [0.5, 0.6) is 0 Å². The Morgan fingerprint density at radius 3 is 2.10 bits per heavy atom. The molecule has 0 unspecified atom stereocenters. The molecule has 2 rings (SSSR count). The Labute approximate surface area is 140 Å². The normalized spacial score (nSPS) is 17.4. The van der Waals surface area contributed by atoms with E-state index in [1.807, 2.05) is 12.1 Å². The Morgan fingerprint density at radius 2 is 1.67 bits per heavy atom. The first-order chi connectivity index (χ1) is 9.02. The molecule has 0 aliphatic carbocycles. The van der Waals surface area contributed by atoms with E-state index in [1.165, 1.54) is 11.8 Å². The minimum absolute atomic E-state index is 0. The molecule has 1 aliphatic rings. The van der Waals surface area contributed by atoms with Gasteiger partial charge in [-0.2, -0.15) is 0 Å². The van der Waals surface area contributed by atoms with Crippen molar-refractivity contribution in [1.82, 2.24) is 10.2 Å². The number of hydrogen-bond donors (Lipinski definition) is 1. The highest BCUT2D eigenvalue weighted by molar-refractivity contribution is 7.90. The fourth-order valence-corrected chi connectivity index (χ4v) is 3.27. The highest BCUT2D eigenvalue weighted by Crippen LogP contribution is 2.25. The van der Waals surface area contributed by atoms with Gasteiger partial charge in [0.25, 0.3) is 0 Å². The van der Waals surface area contributed by atoms with E-state index < -0.39 is 9.84 Å². The first-order valence-electron chi connectivity index (χ1n) is 6.77. The molecular weight excluding hydrogens is 331 g/mol. The van der Waals surface area contributed by atoms with Gasteiger partial charge >= 0.3 is 0 Å². The number of sulfone groups is 1. The third-order valence-electron chi connectivity index (χ3n) is 3.67. The molecule has 122 valence electrons. The lowest BCUT2D eigenvalue weighted by Crippen LogP contribution is -2.45. The van der Waals surface area contributed by atoms with Gasteiger partial charge in [0.15, 0.2) is 9.84 Å². The Morgan fingerprint density at radius 1 is 1.14 bits per heavy atom. The predicted octanol–water partition coefficient (Wildman–Crippen LogP) is 2.29. The van der Waals surface area contributed by atoms with Crippen LogP contribution in [-0.2, 0) is 9.84 Å². The van der Waals surface area contributed by atoms with Gasteiger partial charge in [-0.1, -0.05) is 19.1 Å². The van der Waals surface area contributed by atoms with E-state index in [4.69, 9.17) is 0 Å². The fraction of sp³-hybridized carbons (Fsp3) is 0.571. The predicted molar refractivity (Wildman–Crippen MR) is 91.5 cm³/mol. The molecule has 0 amide bonds. The van der Waals surface area contributed by atoms with Crippen molar-refractivity contribution in [1.29, 1.82) is 0 Å². The first-order valence-corrected chi connectivity index (χ1v) is 8.66. The van der Waals surface area contributed by atoms with E-state index >= 15 is 0 Å². The Kier molecular flexibility index (Phi) is 8.81. The van der Waals surface area contributed by atoms with Crippen molar-refractivity contribution in [2.45, 2.75) is 24.3 Å². The molecule has 1 heterocycles. The number of halogens is 2. The van der Waals surface area contributed by atoms with E-state index in [9.17, 15) is 8.42 Å². The molecule has 1 fully saturated rings. The molecule has 1 N–H and O–H groups in total. The zero-order valence-electron chi connectivity index (χ0n) is 12.4. The van der Waals surface area contributed by atoms with Gasteiger partial charge in [-0.15, -0.1) is 24.8 Å². The molecule has 1 aliphatic heterocycles. The fourth-order valence-electron chi connectivity index (χ4n) is 2.64. The maximum Gasteiger partial charge on any atom is 0.175 e. The molecule has 4 nitrogen and oxygen atoms in total. The smallest absolute Gasteiger partial charge is 0.175 e. The second kappa shape index (κ2) is 8.96. The van der Waals surface area contributed by atoms with Gasteiger partial charge < -0.3 is 5.32 Å². The molecule has 0 radical (unpaired) electrons. The molecule has 7 heteroatoms. The van der Waals surface area contributed by atoms with Gasteiger partial charge in [0.1, 0.15) is 0 Å².